The number of aryl methyl sites for hydroxylation is 2. The number of hydrogen-bond acceptors (Lipinski definition) is 5. The molecule has 0 saturated heterocycles. The lowest BCUT2D eigenvalue weighted by atomic mass is 10.1. The van der Waals surface area contributed by atoms with E-state index >= 15 is 0 Å². The predicted molar refractivity (Wildman–Crippen MR) is 85.5 cm³/mol. The van der Waals surface area contributed by atoms with Crippen LogP contribution in [0, 0.1) is 42.4 Å². The molecule has 2 aromatic rings. The topological polar surface area (TPSA) is 78.3 Å². The third-order valence-electron chi connectivity index (χ3n) is 3.29. The first kappa shape index (κ1) is 16.1. The summed E-state index contributed by atoms with van der Waals surface area (Å²) in [6, 6.07) is 12.5. The Morgan fingerprint density at radius 1 is 1.18 bits per heavy atom. The fourth-order valence-corrected chi connectivity index (χ4v) is 3.08. The van der Waals surface area contributed by atoms with Crippen molar-refractivity contribution >= 4 is 11.8 Å². The van der Waals surface area contributed by atoms with Crippen molar-refractivity contribution in [3.63, 3.8) is 0 Å². The number of aromatic nitrogens is 3. The second-order valence-corrected chi connectivity index (χ2v) is 6.02. The van der Waals surface area contributed by atoms with Gasteiger partial charge in [0, 0.05) is 17.9 Å². The van der Waals surface area contributed by atoms with E-state index < -0.39 is 0 Å². The molecule has 0 aliphatic carbocycles. The van der Waals surface area contributed by atoms with E-state index in [1.54, 1.807) is 0 Å². The highest BCUT2D eigenvalue weighted by molar-refractivity contribution is 7.99. The van der Waals surface area contributed by atoms with Crippen LogP contribution in [-0.4, -0.2) is 20.5 Å². The van der Waals surface area contributed by atoms with E-state index in [9.17, 15) is 0 Å². The first-order valence-electron chi connectivity index (χ1n) is 7.04. The van der Waals surface area contributed by atoms with Gasteiger partial charge in [0.2, 0.25) is 0 Å². The fraction of sp³-hybridized carbons (Fsp3) is 0.375. The Bertz CT molecular complexity index is 706. The van der Waals surface area contributed by atoms with Crippen molar-refractivity contribution in [2.45, 2.75) is 31.8 Å². The zero-order chi connectivity index (χ0) is 15.9. The summed E-state index contributed by atoms with van der Waals surface area (Å²) in [5.74, 6) is 1.28. The van der Waals surface area contributed by atoms with Crippen LogP contribution in [0.5, 0.6) is 0 Å². The van der Waals surface area contributed by atoms with Crippen molar-refractivity contribution in [1.82, 2.24) is 14.8 Å². The summed E-state index contributed by atoms with van der Waals surface area (Å²) in [5, 5.41) is 26.9. The summed E-state index contributed by atoms with van der Waals surface area (Å²) in [5.41, 5.74) is 2.21. The zero-order valence-electron chi connectivity index (χ0n) is 12.7. The Morgan fingerprint density at radius 2 is 1.91 bits per heavy atom. The summed E-state index contributed by atoms with van der Waals surface area (Å²) < 4.78 is 1.99. The minimum atomic E-state index is -0.145. The van der Waals surface area contributed by atoms with E-state index in [0.29, 0.717) is 18.6 Å². The minimum absolute atomic E-state index is 0.145. The maximum absolute atomic E-state index is 9.14. The smallest absolute Gasteiger partial charge is 0.195 e. The predicted octanol–water partition coefficient (Wildman–Crippen LogP) is 3.42. The zero-order valence-corrected chi connectivity index (χ0v) is 13.5. The Kier molecular flexibility index (Phi) is 5.57. The molecule has 0 aliphatic heterocycles. The molecule has 0 radical (unpaired) electrons. The molecule has 0 N–H and O–H groups in total. The van der Waals surface area contributed by atoms with E-state index in [-0.39, 0.29) is 5.92 Å². The van der Waals surface area contributed by atoms with Crippen molar-refractivity contribution < 1.29 is 0 Å². The van der Waals surface area contributed by atoms with Gasteiger partial charge < -0.3 is 0 Å². The van der Waals surface area contributed by atoms with Gasteiger partial charge in [0.05, 0.1) is 18.1 Å². The van der Waals surface area contributed by atoms with Crippen molar-refractivity contribution in [2.24, 2.45) is 5.92 Å². The third kappa shape index (κ3) is 3.87. The summed E-state index contributed by atoms with van der Waals surface area (Å²) in [4.78, 5) is 0. The van der Waals surface area contributed by atoms with Gasteiger partial charge >= 0.3 is 0 Å². The molecule has 0 unspecified atom stereocenters. The van der Waals surface area contributed by atoms with Gasteiger partial charge in [-0.2, -0.15) is 10.5 Å². The lowest BCUT2D eigenvalue weighted by molar-refractivity contribution is 0.683. The molecule has 0 aliphatic rings. The normalized spacial score (nSPS) is 11.6. The molecule has 0 spiro atoms. The second kappa shape index (κ2) is 7.63. The highest BCUT2D eigenvalue weighted by Gasteiger charge is 2.14. The van der Waals surface area contributed by atoms with Gasteiger partial charge in [0.1, 0.15) is 5.82 Å². The van der Waals surface area contributed by atoms with Gasteiger partial charge in [-0.15, -0.1) is 10.2 Å². The van der Waals surface area contributed by atoms with Gasteiger partial charge in [-0.3, -0.25) is 4.57 Å². The molecule has 6 heteroatoms. The molecule has 0 saturated carbocycles. The third-order valence-corrected chi connectivity index (χ3v) is 4.38. The van der Waals surface area contributed by atoms with Crippen LogP contribution in [0.4, 0.5) is 0 Å². The average Bonchev–Trinajstić information content (AvgIpc) is 2.89. The molecule has 5 nitrogen and oxygen atoms in total. The summed E-state index contributed by atoms with van der Waals surface area (Å²) in [7, 11) is 0. The Labute approximate surface area is 134 Å². The molecule has 0 amide bonds. The fourth-order valence-electron chi connectivity index (χ4n) is 2.03. The second-order valence-electron chi connectivity index (χ2n) is 5.03. The van der Waals surface area contributed by atoms with Crippen LogP contribution in [0.2, 0.25) is 0 Å². The first-order chi connectivity index (χ1) is 10.7. The van der Waals surface area contributed by atoms with Gasteiger partial charge in [0.15, 0.2) is 5.16 Å². The molecular formula is C16H17N5S. The van der Waals surface area contributed by atoms with E-state index in [2.05, 4.69) is 22.3 Å². The van der Waals surface area contributed by atoms with E-state index in [1.807, 2.05) is 42.7 Å². The minimum Gasteiger partial charge on any atom is -0.274 e. The molecule has 2 rings (SSSR count). The van der Waals surface area contributed by atoms with Crippen LogP contribution in [0.15, 0.2) is 29.4 Å². The molecule has 1 aromatic carbocycles. The quantitative estimate of drug-likeness (QED) is 0.764. The highest BCUT2D eigenvalue weighted by atomic mass is 32.2. The molecule has 0 fully saturated rings. The Hall–Kier alpha value is -2.31. The average molecular weight is 311 g/mol. The largest absolute Gasteiger partial charge is 0.274 e. The monoisotopic (exact) mass is 311 g/mol. The number of nitrogens with zero attached hydrogens (tertiary/aromatic N) is 5. The molecule has 0 bridgehead atoms. The number of hydrogen-bond donors (Lipinski definition) is 0. The molecule has 1 heterocycles. The van der Waals surface area contributed by atoms with Gasteiger partial charge in [-0.1, -0.05) is 29.5 Å². The summed E-state index contributed by atoms with van der Waals surface area (Å²) >= 11 is 1.51. The highest BCUT2D eigenvalue weighted by Crippen LogP contribution is 2.25. The van der Waals surface area contributed by atoms with Crippen LogP contribution < -0.4 is 0 Å². The summed E-state index contributed by atoms with van der Waals surface area (Å²) in [6.45, 7) is 3.96. The van der Waals surface area contributed by atoms with Gasteiger partial charge in [-0.25, -0.2) is 0 Å². The Morgan fingerprint density at radius 3 is 2.55 bits per heavy atom. The molecule has 1 aromatic heterocycles. The maximum Gasteiger partial charge on any atom is 0.195 e. The SMILES string of the molecule is Cc1ccc(-n2c(C)nnc2SC[C@H](C#N)CCC#N)cc1. The van der Waals surface area contributed by atoms with Crippen LogP contribution in [0.25, 0.3) is 5.69 Å². The standard InChI is InChI=1S/C16H17N5S/c1-12-5-7-15(8-6-12)21-13(2)19-20-16(21)22-11-14(10-18)4-3-9-17/h5-8,14H,3-4,11H2,1-2H3/t14-/m0/s1. The van der Waals surface area contributed by atoms with E-state index in [1.165, 1.54) is 17.3 Å². The first-order valence-corrected chi connectivity index (χ1v) is 8.02. The summed E-state index contributed by atoms with van der Waals surface area (Å²) in [6.07, 6.45) is 1.00. The van der Waals surface area contributed by atoms with Gasteiger partial charge in [0.25, 0.3) is 0 Å². The van der Waals surface area contributed by atoms with Crippen molar-refractivity contribution in [2.75, 3.05) is 5.75 Å². The lowest BCUT2D eigenvalue weighted by Crippen LogP contribution is -2.03. The van der Waals surface area contributed by atoms with E-state index in [4.69, 9.17) is 10.5 Å². The maximum atomic E-state index is 9.14. The molecular weight excluding hydrogens is 294 g/mol. The number of thioether (sulfide) groups is 1. The number of benzene rings is 1. The number of rotatable bonds is 6. The van der Waals surface area contributed by atoms with Crippen molar-refractivity contribution in [1.29, 1.82) is 10.5 Å². The molecule has 22 heavy (non-hydrogen) atoms. The van der Waals surface area contributed by atoms with Crippen molar-refractivity contribution in [3.8, 4) is 17.8 Å². The molecule has 112 valence electrons. The van der Waals surface area contributed by atoms with Gasteiger partial charge in [-0.05, 0) is 32.4 Å². The van der Waals surface area contributed by atoms with Crippen LogP contribution in [-0.2, 0) is 0 Å². The van der Waals surface area contributed by atoms with Crippen LogP contribution in [0.1, 0.15) is 24.2 Å². The van der Waals surface area contributed by atoms with Crippen LogP contribution >= 0.6 is 11.8 Å². The van der Waals surface area contributed by atoms with E-state index in [0.717, 1.165) is 16.7 Å². The van der Waals surface area contributed by atoms with Crippen molar-refractivity contribution in [3.05, 3.63) is 35.7 Å². The Balaban J connectivity index is 2.15. The lowest BCUT2D eigenvalue weighted by Gasteiger charge is -2.10. The van der Waals surface area contributed by atoms with Crippen LogP contribution in [0.3, 0.4) is 0 Å². The molecule has 1 atom stereocenters. The number of nitriles is 2.